The zero-order valence-corrected chi connectivity index (χ0v) is 11.1. The Morgan fingerprint density at radius 3 is 2.45 bits per heavy atom. The van der Waals surface area contributed by atoms with E-state index < -0.39 is 34.9 Å². The molecule has 1 atom stereocenters. The van der Waals surface area contributed by atoms with Crippen molar-refractivity contribution < 1.29 is 18.0 Å². The fourth-order valence-corrected chi connectivity index (χ4v) is 1.76. The lowest BCUT2D eigenvalue weighted by atomic mass is 10.1. The summed E-state index contributed by atoms with van der Waals surface area (Å²) in [4.78, 5) is 25.4. The lowest BCUT2D eigenvalue weighted by Gasteiger charge is -2.13. The first kappa shape index (κ1) is 15.8. The van der Waals surface area contributed by atoms with E-state index in [0.717, 1.165) is 0 Å². The van der Waals surface area contributed by atoms with Crippen molar-refractivity contribution in [2.24, 2.45) is 5.73 Å². The highest BCUT2D eigenvalue weighted by Crippen LogP contribution is 2.29. The third kappa shape index (κ3) is 3.53. The van der Waals surface area contributed by atoms with Gasteiger partial charge in [-0.25, -0.2) is 0 Å². The minimum Gasteiger partial charge on any atom is -0.327 e. The Morgan fingerprint density at radius 2 is 1.86 bits per heavy atom. The van der Waals surface area contributed by atoms with E-state index in [0.29, 0.717) is 17.8 Å². The smallest absolute Gasteiger partial charge is 0.327 e. The van der Waals surface area contributed by atoms with E-state index in [1.54, 1.807) is 30.3 Å². The van der Waals surface area contributed by atoms with Gasteiger partial charge in [-0.15, -0.1) is 0 Å². The Kier molecular flexibility index (Phi) is 4.32. The Morgan fingerprint density at radius 1 is 1.23 bits per heavy atom. The van der Waals surface area contributed by atoms with Crippen LogP contribution >= 0.6 is 0 Å². The third-order valence-corrected chi connectivity index (χ3v) is 2.93. The number of nitrogens with one attached hydrogen (secondary N) is 2. The summed E-state index contributed by atoms with van der Waals surface area (Å²) in [7, 11) is 0. The Bertz CT molecular complexity index is 726. The highest BCUT2D eigenvalue weighted by Gasteiger charge is 2.31. The van der Waals surface area contributed by atoms with Crippen LogP contribution < -0.4 is 16.6 Å². The average molecular weight is 311 g/mol. The third-order valence-electron chi connectivity index (χ3n) is 2.93. The van der Waals surface area contributed by atoms with Gasteiger partial charge in [-0.05, 0) is 11.6 Å². The highest BCUT2D eigenvalue weighted by atomic mass is 19.4. The SMILES string of the molecule is NC(C(=O)Nc1cc(C(F)(F)F)c[nH]c1=O)c1ccccc1. The lowest BCUT2D eigenvalue weighted by Crippen LogP contribution is -2.30. The topological polar surface area (TPSA) is 88.0 Å². The van der Waals surface area contributed by atoms with Crippen LogP contribution in [0.25, 0.3) is 0 Å². The summed E-state index contributed by atoms with van der Waals surface area (Å²) in [6, 6.07) is 7.72. The van der Waals surface area contributed by atoms with Gasteiger partial charge < -0.3 is 16.0 Å². The number of hydrogen-bond acceptors (Lipinski definition) is 3. The fraction of sp³-hybridized carbons (Fsp3) is 0.143. The predicted octanol–water partition coefficient (Wildman–Crippen LogP) is 2.03. The molecule has 8 heteroatoms. The standard InChI is InChI=1S/C14H12F3N3O2/c15-14(16,17)9-6-10(12(21)19-7-9)20-13(22)11(18)8-4-2-1-3-5-8/h1-7,11H,18H2,(H,19,21)(H,20,22). The molecule has 0 saturated heterocycles. The Hall–Kier alpha value is -2.61. The predicted molar refractivity (Wildman–Crippen MR) is 74.1 cm³/mol. The summed E-state index contributed by atoms with van der Waals surface area (Å²) in [6.07, 6.45) is -4.10. The molecule has 0 radical (unpaired) electrons. The molecule has 0 aliphatic carbocycles. The number of halogens is 3. The maximum atomic E-state index is 12.6. The molecule has 1 aromatic heterocycles. The molecule has 0 saturated carbocycles. The summed E-state index contributed by atoms with van der Waals surface area (Å²) in [6.45, 7) is 0. The lowest BCUT2D eigenvalue weighted by molar-refractivity contribution is -0.137. The molecule has 4 N–H and O–H groups in total. The minimum atomic E-state index is -4.63. The van der Waals surface area contributed by atoms with Gasteiger partial charge in [-0.2, -0.15) is 13.2 Å². The summed E-state index contributed by atoms with van der Waals surface area (Å²) < 4.78 is 37.8. The molecule has 1 amide bonds. The van der Waals surface area contributed by atoms with E-state index in [-0.39, 0.29) is 0 Å². The van der Waals surface area contributed by atoms with E-state index in [9.17, 15) is 22.8 Å². The second-order valence-electron chi connectivity index (χ2n) is 4.51. The molecule has 1 unspecified atom stereocenters. The van der Waals surface area contributed by atoms with Gasteiger partial charge in [0.2, 0.25) is 5.91 Å². The number of aromatic nitrogens is 1. The molecule has 2 aromatic rings. The monoisotopic (exact) mass is 311 g/mol. The molecule has 22 heavy (non-hydrogen) atoms. The highest BCUT2D eigenvalue weighted by molar-refractivity contribution is 5.95. The maximum absolute atomic E-state index is 12.6. The van der Waals surface area contributed by atoms with Crippen LogP contribution in [0, 0.1) is 0 Å². The number of carbonyl (C=O) groups excluding carboxylic acids is 1. The molecule has 116 valence electrons. The van der Waals surface area contributed by atoms with Crippen molar-refractivity contribution in [2.45, 2.75) is 12.2 Å². The van der Waals surface area contributed by atoms with Gasteiger partial charge in [-0.1, -0.05) is 30.3 Å². The zero-order valence-electron chi connectivity index (χ0n) is 11.1. The molecule has 0 aliphatic heterocycles. The van der Waals surface area contributed by atoms with Gasteiger partial charge in [-0.3, -0.25) is 9.59 Å². The summed E-state index contributed by atoms with van der Waals surface area (Å²) in [5, 5.41) is 2.11. The first-order valence-corrected chi connectivity index (χ1v) is 6.20. The summed E-state index contributed by atoms with van der Waals surface area (Å²) in [5.41, 5.74) is 3.76. The number of aromatic amines is 1. The van der Waals surface area contributed by atoms with Crippen molar-refractivity contribution in [3.63, 3.8) is 0 Å². The van der Waals surface area contributed by atoms with Crippen LogP contribution in [0.2, 0.25) is 0 Å². The normalized spacial score (nSPS) is 12.7. The van der Waals surface area contributed by atoms with Gasteiger partial charge in [0.1, 0.15) is 11.7 Å². The van der Waals surface area contributed by atoms with Gasteiger partial charge in [0.15, 0.2) is 0 Å². The quantitative estimate of drug-likeness (QED) is 0.810. The van der Waals surface area contributed by atoms with Crippen molar-refractivity contribution in [2.75, 3.05) is 5.32 Å². The van der Waals surface area contributed by atoms with Crippen LogP contribution in [0.1, 0.15) is 17.2 Å². The number of nitrogens with two attached hydrogens (primary N) is 1. The van der Waals surface area contributed by atoms with E-state index in [1.807, 2.05) is 4.98 Å². The van der Waals surface area contributed by atoms with E-state index in [4.69, 9.17) is 5.73 Å². The molecular weight excluding hydrogens is 299 g/mol. The van der Waals surface area contributed by atoms with Crippen LogP contribution in [0.4, 0.5) is 18.9 Å². The second-order valence-corrected chi connectivity index (χ2v) is 4.51. The maximum Gasteiger partial charge on any atom is 0.417 e. The zero-order chi connectivity index (χ0) is 16.3. The number of H-pyrrole nitrogens is 1. The van der Waals surface area contributed by atoms with Crippen molar-refractivity contribution in [3.05, 3.63) is 64.1 Å². The van der Waals surface area contributed by atoms with Gasteiger partial charge >= 0.3 is 6.18 Å². The van der Waals surface area contributed by atoms with Gasteiger partial charge in [0.05, 0.1) is 5.56 Å². The van der Waals surface area contributed by atoms with Crippen LogP contribution in [-0.4, -0.2) is 10.9 Å². The molecule has 5 nitrogen and oxygen atoms in total. The number of amides is 1. The van der Waals surface area contributed by atoms with Crippen LogP contribution in [0.15, 0.2) is 47.4 Å². The van der Waals surface area contributed by atoms with Gasteiger partial charge in [0.25, 0.3) is 5.56 Å². The van der Waals surface area contributed by atoms with Crippen LogP contribution in [0.5, 0.6) is 0 Å². The summed E-state index contributed by atoms with van der Waals surface area (Å²) >= 11 is 0. The molecule has 1 aromatic carbocycles. The first-order valence-electron chi connectivity index (χ1n) is 6.20. The Labute approximate surface area is 123 Å². The van der Waals surface area contributed by atoms with Gasteiger partial charge in [0, 0.05) is 6.20 Å². The average Bonchev–Trinajstić information content (AvgIpc) is 2.48. The van der Waals surface area contributed by atoms with Crippen molar-refractivity contribution >= 4 is 11.6 Å². The largest absolute Gasteiger partial charge is 0.417 e. The molecule has 0 fully saturated rings. The molecule has 0 spiro atoms. The van der Waals surface area contributed by atoms with Crippen LogP contribution in [-0.2, 0) is 11.0 Å². The number of benzene rings is 1. The van der Waals surface area contributed by atoms with E-state index >= 15 is 0 Å². The Balaban J connectivity index is 2.23. The van der Waals surface area contributed by atoms with Crippen molar-refractivity contribution in [1.29, 1.82) is 0 Å². The molecule has 2 rings (SSSR count). The van der Waals surface area contributed by atoms with Crippen molar-refractivity contribution in [3.8, 4) is 0 Å². The number of hydrogen-bond donors (Lipinski definition) is 3. The number of rotatable bonds is 3. The minimum absolute atomic E-state index is 0.475. The first-order chi connectivity index (χ1) is 10.3. The molecule has 1 heterocycles. The van der Waals surface area contributed by atoms with E-state index in [1.165, 1.54) is 0 Å². The molecular formula is C14H12F3N3O2. The number of carbonyl (C=O) groups is 1. The fourth-order valence-electron chi connectivity index (χ4n) is 1.76. The van der Waals surface area contributed by atoms with Crippen LogP contribution in [0.3, 0.4) is 0 Å². The molecule has 0 bridgehead atoms. The van der Waals surface area contributed by atoms with Crippen molar-refractivity contribution in [1.82, 2.24) is 4.98 Å². The number of alkyl halides is 3. The second kappa shape index (κ2) is 6.02. The van der Waals surface area contributed by atoms with E-state index in [2.05, 4.69) is 5.32 Å². The molecule has 0 aliphatic rings. The number of pyridine rings is 1. The summed E-state index contributed by atoms with van der Waals surface area (Å²) in [5.74, 6) is -0.781. The number of anilines is 1.